The fraction of sp³-hybridized carbons (Fsp3) is 0.600. The maximum absolute atomic E-state index is 6.09. The molecule has 1 saturated carbocycles. The Morgan fingerprint density at radius 3 is 2.74 bits per heavy atom. The van der Waals surface area contributed by atoms with Crippen molar-refractivity contribution < 1.29 is 14.2 Å². The Morgan fingerprint density at radius 1 is 1.26 bits per heavy atom. The average Bonchev–Trinajstić information content (AvgIpc) is 2.43. The number of halogens is 1. The summed E-state index contributed by atoms with van der Waals surface area (Å²) in [5.41, 5.74) is 1.25. The molecule has 0 aromatic heterocycles. The van der Waals surface area contributed by atoms with Crippen LogP contribution in [0.3, 0.4) is 0 Å². The molecule has 4 heteroatoms. The van der Waals surface area contributed by atoms with Gasteiger partial charge in [0.25, 0.3) is 0 Å². The number of aryl methyl sites for hydroxylation is 1. The Balaban J connectivity index is 1.91. The zero-order valence-electron chi connectivity index (χ0n) is 11.5. The van der Waals surface area contributed by atoms with Crippen LogP contribution in [0.25, 0.3) is 0 Å². The van der Waals surface area contributed by atoms with Crippen molar-refractivity contribution in [2.24, 2.45) is 0 Å². The van der Waals surface area contributed by atoms with Crippen LogP contribution in [0.2, 0.25) is 0 Å². The minimum atomic E-state index is 0.111. The van der Waals surface area contributed by atoms with Gasteiger partial charge in [-0.1, -0.05) is 41.1 Å². The third-order valence-electron chi connectivity index (χ3n) is 3.41. The van der Waals surface area contributed by atoms with E-state index in [2.05, 4.69) is 28.9 Å². The highest BCUT2D eigenvalue weighted by Gasteiger charge is 2.42. The van der Waals surface area contributed by atoms with E-state index in [1.165, 1.54) is 5.56 Å². The van der Waals surface area contributed by atoms with Crippen molar-refractivity contribution in [2.75, 3.05) is 20.3 Å². The lowest BCUT2D eigenvalue weighted by Crippen LogP contribution is -2.52. The van der Waals surface area contributed by atoms with Crippen molar-refractivity contribution in [2.45, 2.75) is 36.8 Å². The molecule has 2 rings (SSSR count). The van der Waals surface area contributed by atoms with E-state index in [4.69, 9.17) is 14.2 Å². The number of hydrogen-bond acceptors (Lipinski definition) is 3. The van der Waals surface area contributed by atoms with Crippen molar-refractivity contribution in [3.8, 4) is 5.75 Å². The van der Waals surface area contributed by atoms with Gasteiger partial charge >= 0.3 is 0 Å². The van der Waals surface area contributed by atoms with Gasteiger partial charge in [-0.3, -0.25) is 0 Å². The van der Waals surface area contributed by atoms with Gasteiger partial charge in [0.05, 0.1) is 13.2 Å². The number of methoxy groups -OCH3 is 1. The first-order valence-electron chi connectivity index (χ1n) is 6.75. The predicted molar refractivity (Wildman–Crippen MR) is 79.2 cm³/mol. The molecule has 1 aromatic rings. The van der Waals surface area contributed by atoms with Gasteiger partial charge in [-0.05, 0) is 18.1 Å². The van der Waals surface area contributed by atoms with E-state index in [0.717, 1.165) is 18.6 Å². The molecule has 0 spiro atoms. The quantitative estimate of drug-likeness (QED) is 0.568. The van der Waals surface area contributed by atoms with Crippen molar-refractivity contribution in [3.63, 3.8) is 0 Å². The minimum absolute atomic E-state index is 0.111. The predicted octanol–water partition coefficient (Wildman–Crippen LogP) is 3.20. The molecule has 0 amide bonds. The first kappa shape index (κ1) is 14.8. The molecular weight excluding hydrogens is 308 g/mol. The van der Waals surface area contributed by atoms with Crippen molar-refractivity contribution in [3.05, 3.63) is 29.8 Å². The third-order valence-corrected chi connectivity index (χ3v) is 4.30. The summed E-state index contributed by atoms with van der Waals surface area (Å²) in [5, 5.41) is 0. The number of ether oxygens (including phenoxy) is 3. The molecule has 3 unspecified atom stereocenters. The summed E-state index contributed by atoms with van der Waals surface area (Å²) < 4.78 is 16.9. The summed E-state index contributed by atoms with van der Waals surface area (Å²) >= 11 is 3.62. The van der Waals surface area contributed by atoms with E-state index in [9.17, 15) is 0 Å². The lowest BCUT2D eigenvalue weighted by Gasteiger charge is -2.41. The summed E-state index contributed by atoms with van der Waals surface area (Å²) in [4.78, 5) is 0.378. The number of hydrogen-bond donors (Lipinski definition) is 0. The molecule has 19 heavy (non-hydrogen) atoms. The number of alkyl halides is 1. The summed E-state index contributed by atoms with van der Waals surface area (Å²) in [5.74, 6) is 0.981. The zero-order chi connectivity index (χ0) is 13.7. The second kappa shape index (κ2) is 7.27. The zero-order valence-corrected chi connectivity index (χ0v) is 13.1. The smallest absolute Gasteiger partial charge is 0.127 e. The lowest BCUT2D eigenvalue weighted by molar-refractivity contribution is -0.0867. The molecule has 0 aliphatic heterocycles. The minimum Gasteiger partial charge on any atom is -0.487 e. The molecule has 0 bridgehead atoms. The van der Waals surface area contributed by atoms with Gasteiger partial charge in [0.2, 0.25) is 0 Å². The Morgan fingerprint density at radius 2 is 2.05 bits per heavy atom. The molecule has 3 nitrogen and oxygen atoms in total. The van der Waals surface area contributed by atoms with Crippen LogP contribution in [0.4, 0.5) is 0 Å². The molecule has 3 atom stereocenters. The SMILES string of the molecule is CCc1ccccc1OC1CC(Br)C1OCCOC. The van der Waals surface area contributed by atoms with Crippen LogP contribution >= 0.6 is 15.9 Å². The van der Waals surface area contributed by atoms with E-state index < -0.39 is 0 Å². The second-order valence-electron chi connectivity index (χ2n) is 4.70. The van der Waals surface area contributed by atoms with E-state index in [0.29, 0.717) is 18.0 Å². The van der Waals surface area contributed by atoms with Crippen LogP contribution < -0.4 is 4.74 Å². The number of benzene rings is 1. The first-order valence-corrected chi connectivity index (χ1v) is 7.67. The monoisotopic (exact) mass is 328 g/mol. The van der Waals surface area contributed by atoms with Gasteiger partial charge in [-0.2, -0.15) is 0 Å². The normalized spacial score (nSPS) is 25.9. The number of para-hydroxylation sites is 1. The van der Waals surface area contributed by atoms with Crippen LogP contribution in [0.5, 0.6) is 5.75 Å². The first-order chi connectivity index (χ1) is 9.26. The summed E-state index contributed by atoms with van der Waals surface area (Å²) in [6.45, 7) is 3.37. The number of rotatable bonds is 7. The van der Waals surface area contributed by atoms with Crippen molar-refractivity contribution in [1.82, 2.24) is 0 Å². The van der Waals surface area contributed by atoms with Gasteiger partial charge in [-0.25, -0.2) is 0 Å². The summed E-state index contributed by atoms with van der Waals surface area (Å²) in [6, 6.07) is 8.21. The third kappa shape index (κ3) is 3.71. The highest BCUT2D eigenvalue weighted by atomic mass is 79.9. The molecule has 0 heterocycles. The van der Waals surface area contributed by atoms with Gasteiger partial charge < -0.3 is 14.2 Å². The molecule has 1 aliphatic rings. The highest BCUT2D eigenvalue weighted by molar-refractivity contribution is 9.09. The largest absolute Gasteiger partial charge is 0.487 e. The molecule has 1 fully saturated rings. The van der Waals surface area contributed by atoms with Gasteiger partial charge in [0, 0.05) is 18.4 Å². The molecule has 0 saturated heterocycles. The second-order valence-corrected chi connectivity index (χ2v) is 5.87. The van der Waals surface area contributed by atoms with Crippen LogP contribution in [0, 0.1) is 0 Å². The average molecular weight is 329 g/mol. The lowest BCUT2D eigenvalue weighted by atomic mass is 9.91. The van der Waals surface area contributed by atoms with E-state index in [-0.39, 0.29) is 12.2 Å². The Bertz CT molecular complexity index is 397. The van der Waals surface area contributed by atoms with Crippen LogP contribution in [0.15, 0.2) is 24.3 Å². The van der Waals surface area contributed by atoms with E-state index >= 15 is 0 Å². The van der Waals surface area contributed by atoms with Gasteiger partial charge in [0.15, 0.2) is 0 Å². The van der Waals surface area contributed by atoms with Crippen LogP contribution in [0.1, 0.15) is 18.9 Å². The Labute approximate surface area is 123 Å². The molecular formula is C15H21BrO3. The molecule has 1 aromatic carbocycles. The van der Waals surface area contributed by atoms with Gasteiger partial charge in [-0.15, -0.1) is 0 Å². The summed E-state index contributed by atoms with van der Waals surface area (Å²) in [7, 11) is 1.68. The maximum Gasteiger partial charge on any atom is 0.127 e. The fourth-order valence-corrected chi connectivity index (χ4v) is 3.06. The Hall–Kier alpha value is -0.580. The molecule has 1 aliphatic carbocycles. The van der Waals surface area contributed by atoms with Gasteiger partial charge in [0.1, 0.15) is 18.0 Å². The standard InChI is InChI=1S/C15H21BrO3/c1-3-11-6-4-5-7-13(11)19-14-10-12(16)15(14)18-9-8-17-2/h4-7,12,14-15H,3,8-10H2,1-2H3. The Kier molecular flexibility index (Phi) is 5.67. The molecule has 106 valence electrons. The topological polar surface area (TPSA) is 27.7 Å². The highest BCUT2D eigenvalue weighted by Crippen LogP contribution is 2.35. The van der Waals surface area contributed by atoms with E-state index in [1.54, 1.807) is 7.11 Å². The summed E-state index contributed by atoms with van der Waals surface area (Å²) in [6.07, 6.45) is 2.21. The van der Waals surface area contributed by atoms with E-state index in [1.807, 2.05) is 18.2 Å². The molecule has 0 radical (unpaired) electrons. The molecule has 0 N–H and O–H groups in total. The van der Waals surface area contributed by atoms with Crippen LogP contribution in [-0.4, -0.2) is 37.4 Å². The maximum atomic E-state index is 6.09. The van der Waals surface area contributed by atoms with Crippen molar-refractivity contribution in [1.29, 1.82) is 0 Å². The van der Waals surface area contributed by atoms with Crippen LogP contribution in [-0.2, 0) is 15.9 Å². The van der Waals surface area contributed by atoms with Crippen molar-refractivity contribution >= 4 is 15.9 Å². The fourth-order valence-electron chi connectivity index (χ4n) is 2.20.